The molecular weight excluding hydrogens is 341 g/mol. The molecule has 0 atom stereocenters. The minimum atomic E-state index is 0.691. The topological polar surface area (TPSA) is 22.1 Å². The van der Waals surface area contributed by atoms with E-state index < -0.39 is 0 Å². The molecule has 0 spiro atoms. The number of hydrogen-bond acceptors (Lipinski definition) is 2. The zero-order valence-electron chi connectivity index (χ0n) is 13.2. The highest BCUT2D eigenvalue weighted by atomic mass is 35.5. The number of ether oxygens (including phenoxy) is 1. The summed E-state index contributed by atoms with van der Waals surface area (Å²) < 4.78 is 5.92. The lowest BCUT2D eigenvalue weighted by Gasteiger charge is -2.12. The van der Waals surface area contributed by atoms with Gasteiger partial charge >= 0.3 is 0 Å². The van der Waals surface area contributed by atoms with E-state index >= 15 is 0 Å². The molecule has 2 nitrogen and oxygen atoms in total. The number of pyridine rings is 1. The van der Waals surface area contributed by atoms with Gasteiger partial charge in [-0.05, 0) is 73.7 Å². The van der Waals surface area contributed by atoms with Crippen LogP contribution in [0.25, 0.3) is 10.9 Å². The van der Waals surface area contributed by atoms with Gasteiger partial charge in [0.15, 0.2) is 0 Å². The Kier molecular flexibility index (Phi) is 4.34. The maximum absolute atomic E-state index is 6.71. The Hall–Kier alpha value is -1.77. The Morgan fingerprint density at radius 2 is 1.58 bits per heavy atom. The van der Waals surface area contributed by atoms with Gasteiger partial charge in [-0.3, -0.25) is 4.98 Å². The predicted molar refractivity (Wildman–Crippen MR) is 99.5 cm³/mol. The van der Waals surface area contributed by atoms with E-state index in [1.54, 1.807) is 0 Å². The van der Waals surface area contributed by atoms with Crippen molar-refractivity contribution in [2.75, 3.05) is 0 Å². The number of rotatable bonds is 2. The molecule has 2 aromatic carbocycles. The summed E-state index contributed by atoms with van der Waals surface area (Å²) in [5.41, 5.74) is 3.31. The zero-order chi connectivity index (χ0) is 16.5. The van der Waals surface area contributed by atoms with Crippen molar-refractivity contribution in [1.82, 2.24) is 4.98 Å². The van der Waals surface area contributed by atoms with Crippen molar-refractivity contribution >= 4 is 34.1 Å². The molecule has 1 aliphatic rings. The van der Waals surface area contributed by atoms with E-state index in [1.807, 2.05) is 42.5 Å². The van der Waals surface area contributed by atoms with Crippen molar-refractivity contribution in [3.8, 4) is 11.5 Å². The van der Waals surface area contributed by atoms with Gasteiger partial charge in [0.2, 0.25) is 0 Å². The van der Waals surface area contributed by atoms with Crippen LogP contribution in [-0.2, 0) is 12.8 Å². The van der Waals surface area contributed by atoms with Crippen LogP contribution in [0.15, 0.2) is 42.5 Å². The lowest BCUT2D eigenvalue weighted by atomic mass is 10.0. The fourth-order valence-electron chi connectivity index (χ4n) is 3.22. The summed E-state index contributed by atoms with van der Waals surface area (Å²) in [6, 6.07) is 13.2. The average molecular weight is 358 g/mol. The first kappa shape index (κ1) is 15.7. The minimum Gasteiger partial charge on any atom is -0.457 e. The monoisotopic (exact) mass is 357 g/mol. The molecule has 0 saturated heterocycles. The number of nitrogens with zero attached hydrogens (tertiary/aromatic N) is 1. The second kappa shape index (κ2) is 6.62. The number of fused-ring (bicyclic) bond motifs is 2. The van der Waals surface area contributed by atoms with Crippen LogP contribution in [0.1, 0.15) is 30.5 Å². The van der Waals surface area contributed by atoms with Crippen LogP contribution in [-0.4, -0.2) is 4.98 Å². The van der Waals surface area contributed by atoms with Crippen molar-refractivity contribution in [2.24, 2.45) is 0 Å². The average Bonchev–Trinajstić information content (AvgIpc) is 2.83. The van der Waals surface area contributed by atoms with E-state index in [1.165, 1.54) is 24.8 Å². The molecule has 1 aromatic heterocycles. The van der Waals surface area contributed by atoms with Crippen LogP contribution < -0.4 is 4.74 Å². The summed E-state index contributed by atoms with van der Waals surface area (Å²) in [6.45, 7) is 0. The smallest absolute Gasteiger partial charge is 0.128 e. The number of halogens is 2. The van der Waals surface area contributed by atoms with Crippen LogP contribution in [0.3, 0.4) is 0 Å². The summed E-state index contributed by atoms with van der Waals surface area (Å²) in [5.74, 6) is 1.50. The highest BCUT2D eigenvalue weighted by molar-refractivity contribution is 6.36. The van der Waals surface area contributed by atoms with Crippen molar-refractivity contribution in [2.45, 2.75) is 32.1 Å². The highest BCUT2D eigenvalue weighted by Crippen LogP contribution is 2.35. The van der Waals surface area contributed by atoms with Crippen LogP contribution in [0.4, 0.5) is 0 Å². The van der Waals surface area contributed by atoms with Crippen molar-refractivity contribution in [1.29, 1.82) is 0 Å². The Morgan fingerprint density at radius 1 is 0.833 bits per heavy atom. The molecule has 122 valence electrons. The van der Waals surface area contributed by atoms with E-state index in [9.17, 15) is 0 Å². The van der Waals surface area contributed by atoms with Crippen molar-refractivity contribution in [3.63, 3.8) is 0 Å². The lowest BCUT2D eigenvalue weighted by Crippen LogP contribution is -1.98. The Labute approximate surface area is 151 Å². The number of aryl methyl sites for hydroxylation is 1. The molecule has 0 bridgehead atoms. The second-order valence-corrected chi connectivity index (χ2v) is 6.96. The second-order valence-electron chi connectivity index (χ2n) is 6.15. The van der Waals surface area contributed by atoms with Crippen LogP contribution >= 0.6 is 23.2 Å². The number of benzene rings is 2. The first-order valence-electron chi connectivity index (χ1n) is 8.25. The molecule has 3 aromatic rings. The lowest BCUT2D eigenvalue weighted by molar-refractivity contribution is 0.483. The van der Waals surface area contributed by atoms with Gasteiger partial charge in [0.05, 0.1) is 10.5 Å². The van der Waals surface area contributed by atoms with E-state index in [-0.39, 0.29) is 0 Å². The third kappa shape index (κ3) is 3.09. The van der Waals surface area contributed by atoms with Gasteiger partial charge in [-0.1, -0.05) is 29.6 Å². The van der Waals surface area contributed by atoms with Crippen LogP contribution in [0.5, 0.6) is 11.5 Å². The molecule has 0 amide bonds. The third-order valence-electron chi connectivity index (χ3n) is 4.46. The van der Waals surface area contributed by atoms with Gasteiger partial charge < -0.3 is 4.74 Å². The molecule has 4 heteroatoms. The summed E-state index contributed by atoms with van der Waals surface area (Å²) in [5, 5.41) is 2.48. The maximum Gasteiger partial charge on any atom is 0.128 e. The standard InChI is InChI=1S/C20H17Cl2NO/c21-13-6-8-14(9-7-13)24-15-10-11-19-17(12-15)20(22)16-4-2-1-3-5-18(16)23-19/h6-12H,1-5H2. The Bertz CT molecular complexity index is 890. The van der Waals surface area contributed by atoms with Gasteiger partial charge in [-0.25, -0.2) is 0 Å². The molecule has 0 fully saturated rings. The molecule has 4 rings (SSSR count). The Balaban J connectivity index is 1.74. The third-order valence-corrected chi connectivity index (χ3v) is 5.15. The fraction of sp³-hybridized carbons (Fsp3) is 0.250. The largest absolute Gasteiger partial charge is 0.457 e. The van der Waals surface area contributed by atoms with E-state index in [4.69, 9.17) is 32.9 Å². The predicted octanol–water partition coefficient (Wildman–Crippen LogP) is 6.60. The van der Waals surface area contributed by atoms with Gasteiger partial charge in [0.25, 0.3) is 0 Å². The van der Waals surface area contributed by atoms with Gasteiger partial charge in [0, 0.05) is 16.1 Å². The molecule has 0 aliphatic heterocycles. The molecule has 0 radical (unpaired) electrons. The maximum atomic E-state index is 6.71. The van der Waals surface area contributed by atoms with E-state index in [0.717, 1.165) is 46.0 Å². The molecule has 1 heterocycles. The first-order valence-corrected chi connectivity index (χ1v) is 9.01. The first-order chi connectivity index (χ1) is 11.7. The normalized spacial score (nSPS) is 14.2. The number of hydrogen-bond donors (Lipinski definition) is 0. The molecule has 0 saturated carbocycles. The minimum absolute atomic E-state index is 0.691. The Morgan fingerprint density at radius 3 is 2.42 bits per heavy atom. The SMILES string of the molecule is Clc1ccc(Oc2ccc3nc4c(c(Cl)c3c2)CCCCC4)cc1. The van der Waals surface area contributed by atoms with Gasteiger partial charge in [-0.15, -0.1) is 0 Å². The van der Waals surface area contributed by atoms with E-state index in [2.05, 4.69) is 0 Å². The summed E-state index contributed by atoms with van der Waals surface area (Å²) in [4.78, 5) is 4.84. The fourth-order valence-corrected chi connectivity index (χ4v) is 3.71. The molecular formula is C20H17Cl2NO. The molecule has 0 unspecified atom stereocenters. The van der Waals surface area contributed by atoms with Crippen molar-refractivity contribution < 1.29 is 4.74 Å². The van der Waals surface area contributed by atoms with Crippen LogP contribution in [0, 0.1) is 0 Å². The molecule has 1 aliphatic carbocycles. The van der Waals surface area contributed by atoms with Gasteiger partial charge in [0.1, 0.15) is 11.5 Å². The molecule has 0 N–H and O–H groups in total. The summed E-state index contributed by atoms with van der Waals surface area (Å²) in [6.07, 6.45) is 5.65. The summed E-state index contributed by atoms with van der Waals surface area (Å²) in [7, 11) is 0. The zero-order valence-corrected chi connectivity index (χ0v) is 14.7. The van der Waals surface area contributed by atoms with Crippen molar-refractivity contribution in [3.05, 3.63) is 63.8 Å². The summed E-state index contributed by atoms with van der Waals surface area (Å²) >= 11 is 12.6. The van der Waals surface area contributed by atoms with Gasteiger partial charge in [-0.2, -0.15) is 0 Å². The molecule has 24 heavy (non-hydrogen) atoms. The highest BCUT2D eigenvalue weighted by Gasteiger charge is 2.16. The number of aromatic nitrogens is 1. The van der Waals surface area contributed by atoms with Crippen LogP contribution in [0.2, 0.25) is 10.0 Å². The van der Waals surface area contributed by atoms with E-state index in [0.29, 0.717) is 5.02 Å². The quantitative estimate of drug-likeness (QED) is 0.481.